The van der Waals surface area contributed by atoms with Crippen LogP contribution >= 0.6 is 15.9 Å². The van der Waals surface area contributed by atoms with Crippen LogP contribution in [0.1, 0.15) is 26.2 Å². The number of halogens is 1. The number of ether oxygens (including phenoxy) is 1. The van der Waals surface area contributed by atoms with Crippen LogP contribution in [0.5, 0.6) is 0 Å². The molecule has 1 aromatic rings. The van der Waals surface area contributed by atoms with Crippen LogP contribution in [0.25, 0.3) is 0 Å². The second kappa shape index (κ2) is 5.85. The van der Waals surface area contributed by atoms with E-state index in [0.29, 0.717) is 16.3 Å². The van der Waals surface area contributed by atoms with Crippen LogP contribution in [-0.4, -0.2) is 29.0 Å². The fourth-order valence-electron chi connectivity index (χ4n) is 2.55. The molecule has 6 heteroatoms. The first-order valence-electron chi connectivity index (χ1n) is 7.25. The molecule has 2 atom stereocenters. The van der Waals surface area contributed by atoms with Gasteiger partial charge in [-0.1, -0.05) is 0 Å². The summed E-state index contributed by atoms with van der Waals surface area (Å²) in [5, 5.41) is 7.67. The molecule has 0 aromatic carbocycles. The second-order valence-electron chi connectivity index (χ2n) is 5.86. The summed E-state index contributed by atoms with van der Waals surface area (Å²) in [6.07, 6.45) is 5.24. The monoisotopic (exact) mass is 341 g/mol. The van der Waals surface area contributed by atoms with Gasteiger partial charge in [-0.25, -0.2) is 4.68 Å². The zero-order valence-electron chi connectivity index (χ0n) is 11.6. The molecule has 110 valence electrons. The maximum absolute atomic E-state index is 12.2. The lowest BCUT2D eigenvalue weighted by Gasteiger charge is -2.21. The van der Waals surface area contributed by atoms with E-state index in [2.05, 4.69) is 33.3 Å². The molecule has 2 aliphatic rings. The Morgan fingerprint density at radius 1 is 1.55 bits per heavy atom. The summed E-state index contributed by atoms with van der Waals surface area (Å²) in [6, 6.07) is 0.272. The third-order valence-corrected chi connectivity index (χ3v) is 4.93. The van der Waals surface area contributed by atoms with Gasteiger partial charge < -0.3 is 10.1 Å². The molecule has 1 aliphatic heterocycles. The van der Waals surface area contributed by atoms with Crippen molar-refractivity contribution in [3.8, 4) is 0 Å². The van der Waals surface area contributed by atoms with E-state index in [1.165, 1.54) is 12.8 Å². The van der Waals surface area contributed by atoms with Crippen molar-refractivity contribution < 1.29 is 4.74 Å². The fourth-order valence-corrected chi connectivity index (χ4v) is 2.97. The molecule has 0 spiro atoms. The van der Waals surface area contributed by atoms with Gasteiger partial charge in [0.1, 0.15) is 4.47 Å². The summed E-state index contributed by atoms with van der Waals surface area (Å²) in [6.45, 7) is 4.49. The Balaban J connectivity index is 1.72. The molecule has 1 saturated carbocycles. The highest BCUT2D eigenvalue weighted by Crippen LogP contribution is 2.30. The molecule has 1 aromatic heterocycles. The maximum Gasteiger partial charge on any atom is 0.283 e. The highest BCUT2D eigenvalue weighted by Gasteiger charge is 2.25. The lowest BCUT2D eigenvalue weighted by Crippen LogP contribution is -2.30. The molecule has 0 amide bonds. The van der Waals surface area contributed by atoms with Gasteiger partial charge in [0.15, 0.2) is 0 Å². The van der Waals surface area contributed by atoms with Gasteiger partial charge in [0, 0.05) is 25.1 Å². The first-order valence-corrected chi connectivity index (χ1v) is 8.04. The van der Waals surface area contributed by atoms with Crippen LogP contribution in [0, 0.1) is 11.8 Å². The molecule has 0 bridgehead atoms. The Bertz CT molecular complexity index is 536. The smallest absolute Gasteiger partial charge is 0.283 e. The SMILES string of the molecule is CC(Nc1cnn(CC2CC2)c(=O)c1Br)C1CCOC1. The number of hydrogen-bond donors (Lipinski definition) is 1. The number of hydrogen-bond acceptors (Lipinski definition) is 4. The van der Waals surface area contributed by atoms with Crippen LogP contribution in [0.4, 0.5) is 5.69 Å². The Hall–Kier alpha value is -0.880. The number of nitrogens with one attached hydrogen (secondary N) is 1. The first-order chi connectivity index (χ1) is 9.65. The average Bonchev–Trinajstić information content (AvgIpc) is 3.07. The van der Waals surface area contributed by atoms with Crippen molar-refractivity contribution in [3.63, 3.8) is 0 Å². The van der Waals surface area contributed by atoms with Gasteiger partial charge >= 0.3 is 0 Å². The Morgan fingerprint density at radius 3 is 3.00 bits per heavy atom. The minimum Gasteiger partial charge on any atom is -0.381 e. The van der Waals surface area contributed by atoms with Crippen molar-refractivity contribution in [1.29, 1.82) is 0 Å². The average molecular weight is 342 g/mol. The molecule has 5 nitrogen and oxygen atoms in total. The molecule has 2 fully saturated rings. The standard InChI is InChI=1S/C14H20BrN3O2/c1-9(11-4-5-20-8-11)17-12-6-16-18(7-10-2-3-10)14(19)13(12)15/h6,9-11,17H,2-5,7-8H2,1H3. The lowest BCUT2D eigenvalue weighted by atomic mass is 10.0. The predicted molar refractivity (Wildman–Crippen MR) is 80.9 cm³/mol. The van der Waals surface area contributed by atoms with Crippen LogP contribution in [0.2, 0.25) is 0 Å². The third kappa shape index (κ3) is 3.06. The second-order valence-corrected chi connectivity index (χ2v) is 6.65. The molecule has 1 N–H and O–H groups in total. The molecule has 1 aliphatic carbocycles. The summed E-state index contributed by atoms with van der Waals surface area (Å²) in [5.41, 5.74) is 0.734. The molecule has 1 saturated heterocycles. The molecule has 20 heavy (non-hydrogen) atoms. The Morgan fingerprint density at radius 2 is 2.35 bits per heavy atom. The summed E-state index contributed by atoms with van der Waals surface area (Å²) in [4.78, 5) is 12.2. The molecular formula is C14H20BrN3O2. The topological polar surface area (TPSA) is 56.2 Å². The predicted octanol–water partition coefficient (Wildman–Crippen LogP) is 2.25. The molecular weight excluding hydrogens is 322 g/mol. The van der Waals surface area contributed by atoms with Gasteiger partial charge in [-0.3, -0.25) is 4.79 Å². The quantitative estimate of drug-likeness (QED) is 0.892. The summed E-state index contributed by atoms with van der Waals surface area (Å²) in [7, 11) is 0. The number of aromatic nitrogens is 2. The first kappa shape index (κ1) is 14.1. The van der Waals surface area contributed by atoms with E-state index in [4.69, 9.17) is 4.74 Å². The van der Waals surface area contributed by atoms with Gasteiger partial charge in [0.25, 0.3) is 5.56 Å². The van der Waals surface area contributed by atoms with Crippen molar-refractivity contribution in [2.24, 2.45) is 11.8 Å². The van der Waals surface area contributed by atoms with E-state index >= 15 is 0 Å². The highest BCUT2D eigenvalue weighted by atomic mass is 79.9. The number of rotatable bonds is 5. The lowest BCUT2D eigenvalue weighted by molar-refractivity contribution is 0.183. The zero-order chi connectivity index (χ0) is 14.1. The molecule has 2 unspecified atom stereocenters. The van der Waals surface area contributed by atoms with Crippen molar-refractivity contribution in [3.05, 3.63) is 21.0 Å². The fraction of sp³-hybridized carbons (Fsp3) is 0.714. The third-order valence-electron chi connectivity index (χ3n) is 4.17. The normalized spacial score (nSPS) is 23.8. The van der Waals surface area contributed by atoms with E-state index in [9.17, 15) is 4.79 Å². The van der Waals surface area contributed by atoms with E-state index in [-0.39, 0.29) is 11.6 Å². The van der Waals surface area contributed by atoms with Gasteiger partial charge in [-0.15, -0.1) is 0 Å². The van der Waals surface area contributed by atoms with Crippen molar-refractivity contribution in [2.45, 2.75) is 38.8 Å². The number of nitrogens with zero attached hydrogens (tertiary/aromatic N) is 2. The van der Waals surface area contributed by atoms with E-state index in [1.54, 1.807) is 10.9 Å². The van der Waals surface area contributed by atoms with E-state index in [1.807, 2.05) is 0 Å². The summed E-state index contributed by atoms with van der Waals surface area (Å²) in [5.74, 6) is 1.14. The Labute approximate surface area is 126 Å². The summed E-state index contributed by atoms with van der Waals surface area (Å²) >= 11 is 3.41. The van der Waals surface area contributed by atoms with Crippen molar-refractivity contribution >= 4 is 21.6 Å². The molecule has 3 rings (SSSR count). The van der Waals surface area contributed by atoms with E-state index in [0.717, 1.165) is 31.9 Å². The Kier molecular flexibility index (Phi) is 4.12. The van der Waals surface area contributed by atoms with Gasteiger partial charge in [0.2, 0.25) is 0 Å². The van der Waals surface area contributed by atoms with Crippen LogP contribution in [0.15, 0.2) is 15.5 Å². The van der Waals surface area contributed by atoms with Crippen LogP contribution in [-0.2, 0) is 11.3 Å². The van der Waals surface area contributed by atoms with E-state index < -0.39 is 0 Å². The minimum atomic E-state index is -0.0447. The molecule has 0 radical (unpaired) electrons. The van der Waals surface area contributed by atoms with Crippen molar-refractivity contribution in [2.75, 3.05) is 18.5 Å². The largest absolute Gasteiger partial charge is 0.381 e. The highest BCUT2D eigenvalue weighted by molar-refractivity contribution is 9.10. The van der Waals surface area contributed by atoms with Gasteiger partial charge in [-0.2, -0.15) is 5.10 Å². The summed E-state index contributed by atoms with van der Waals surface area (Å²) < 4.78 is 7.55. The van der Waals surface area contributed by atoms with Crippen LogP contribution in [0.3, 0.4) is 0 Å². The number of anilines is 1. The maximum atomic E-state index is 12.2. The van der Waals surface area contributed by atoms with Crippen LogP contribution < -0.4 is 10.9 Å². The van der Waals surface area contributed by atoms with Gasteiger partial charge in [-0.05, 0) is 48.0 Å². The minimum absolute atomic E-state index is 0.0447. The van der Waals surface area contributed by atoms with Gasteiger partial charge in [0.05, 0.1) is 18.5 Å². The molecule has 2 heterocycles. The van der Waals surface area contributed by atoms with Crippen molar-refractivity contribution in [1.82, 2.24) is 9.78 Å². The zero-order valence-corrected chi connectivity index (χ0v) is 13.2.